The molecular formula is C8H7Cl2N3O2S. The number of carbonyl (C=O) groups excluding carboxylic acids is 2. The van der Waals surface area contributed by atoms with Crippen molar-refractivity contribution in [3.8, 4) is 0 Å². The average Bonchev–Trinajstić information content (AvgIpc) is 2.16. The van der Waals surface area contributed by atoms with E-state index >= 15 is 0 Å². The van der Waals surface area contributed by atoms with Crippen molar-refractivity contribution in [2.75, 3.05) is 0 Å². The molecule has 0 fully saturated rings. The lowest BCUT2D eigenvalue weighted by Crippen LogP contribution is -2.37. The first-order valence-electron chi connectivity index (χ1n) is 3.97. The second kappa shape index (κ2) is 5.95. The van der Waals surface area contributed by atoms with Gasteiger partial charge >= 0.3 is 6.03 Å². The highest BCUT2D eigenvalue weighted by atomic mass is 35.5. The minimum atomic E-state index is -0.789. The molecule has 0 aliphatic heterocycles. The van der Waals surface area contributed by atoms with Crippen LogP contribution in [-0.2, 0) is 0 Å². The summed E-state index contributed by atoms with van der Waals surface area (Å²) in [5.41, 5.74) is 7.11. The summed E-state index contributed by atoms with van der Waals surface area (Å²) in [7, 11) is 0. The Morgan fingerprint density at radius 2 is 2.00 bits per heavy atom. The third kappa shape index (κ3) is 3.90. The Morgan fingerprint density at radius 1 is 1.31 bits per heavy atom. The number of rotatable bonds is 3. The van der Waals surface area contributed by atoms with Crippen LogP contribution in [0.5, 0.6) is 0 Å². The number of halogens is 2. The molecule has 4 N–H and O–H groups in total. The van der Waals surface area contributed by atoms with E-state index in [1.54, 1.807) is 6.07 Å². The number of benzene rings is 1. The number of nitrogens with two attached hydrogens (primary N) is 1. The van der Waals surface area contributed by atoms with Gasteiger partial charge in [0.1, 0.15) is 0 Å². The predicted molar refractivity (Wildman–Crippen MR) is 64.2 cm³/mol. The van der Waals surface area contributed by atoms with Crippen LogP contribution in [0, 0.1) is 0 Å². The van der Waals surface area contributed by atoms with Crippen molar-refractivity contribution in [2.24, 2.45) is 5.73 Å². The summed E-state index contributed by atoms with van der Waals surface area (Å²) >= 11 is 12.1. The van der Waals surface area contributed by atoms with Crippen molar-refractivity contribution >= 4 is 46.3 Å². The number of amides is 2. The molecule has 0 aromatic heterocycles. The zero-order valence-corrected chi connectivity index (χ0v) is 10.1. The van der Waals surface area contributed by atoms with Crippen LogP contribution in [0.4, 0.5) is 4.79 Å². The van der Waals surface area contributed by atoms with Crippen molar-refractivity contribution in [2.45, 2.75) is 0 Å². The van der Waals surface area contributed by atoms with Gasteiger partial charge in [-0.1, -0.05) is 23.2 Å². The molecule has 0 spiro atoms. The van der Waals surface area contributed by atoms with E-state index < -0.39 is 6.03 Å². The van der Waals surface area contributed by atoms with Crippen molar-refractivity contribution in [1.29, 1.82) is 0 Å². The highest BCUT2D eigenvalue weighted by Gasteiger charge is 2.11. The van der Waals surface area contributed by atoms with Gasteiger partial charge in [-0.2, -0.15) is 4.83 Å². The zero-order valence-electron chi connectivity index (χ0n) is 7.79. The second-order valence-electron chi connectivity index (χ2n) is 2.61. The Labute approximate surface area is 106 Å². The molecule has 0 bridgehead atoms. The highest BCUT2D eigenvalue weighted by Crippen LogP contribution is 2.23. The van der Waals surface area contributed by atoms with E-state index in [2.05, 4.69) is 4.83 Å². The van der Waals surface area contributed by atoms with E-state index in [1.807, 2.05) is 5.43 Å². The van der Waals surface area contributed by atoms with Gasteiger partial charge in [0.05, 0.1) is 5.02 Å². The second-order valence-corrected chi connectivity index (χ2v) is 4.23. The van der Waals surface area contributed by atoms with Gasteiger partial charge in [0, 0.05) is 22.5 Å². The number of hydrogen-bond acceptors (Lipinski definition) is 4. The third-order valence-electron chi connectivity index (χ3n) is 1.47. The first-order chi connectivity index (χ1) is 7.50. The lowest BCUT2D eigenvalue weighted by Gasteiger charge is -2.04. The average molecular weight is 280 g/mol. The smallest absolute Gasteiger partial charge is 0.327 e. The molecule has 0 saturated heterocycles. The predicted octanol–water partition coefficient (Wildman–Crippen LogP) is 1.95. The molecule has 0 aliphatic carbocycles. The number of carbonyl (C=O) groups is 2. The lowest BCUT2D eigenvalue weighted by molar-refractivity contribution is 0.108. The maximum atomic E-state index is 11.5. The van der Waals surface area contributed by atoms with Gasteiger partial charge in [0.15, 0.2) is 0 Å². The van der Waals surface area contributed by atoms with Crippen LogP contribution in [0.15, 0.2) is 18.2 Å². The normalized spacial score (nSPS) is 9.88. The van der Waals surface area contributed by atoms with Crippen molar-refractivity contribution in [1.82, 2.24) is 10.3 Å². The Hall–Kier alpha value is -0.950. The molecule has 5 nitrogen and oxygen atoms in total. The van der Waals surface area contributed by atoms with E-state index in [9.17, 15) is 9.59 Å². The molecule has 0 radical (unpaired) electrons. The van der Waals surface area contributed by atoms with Crippen LogP contribution in [-0.4, -0.2) is 11.1 Å². The SMILES string of the molecule is NC(=O)NNSC(=O)c1ccc(Cl)cc1Cl. The van der Waals surface area contributed by atoms with E-state index in [1.165, 1.54) is 12.1 Å². The number of urea groups is 1. The van der Waals surface area contributed by atoms with E-state index in [-0.39, 0.29) is 15.7 Å². The fourth-order valence-electron chi connectivity index (χ4n) is 0.832. The monoisotopic (exact) mass is 279 g/mol. The molecule has 16 heavy (non-hydrogen) atoms. The van der Waals surface area contributed by atoms with Crippen LogP contribution in [0.1, 0.15) is 10.4 Å². The Bertz CT molecular complexity index is 428. The van der Waals surface area contributed by atoms with Gasteiger partial charge in [0.2, 0.25) is 5.12 Å². The molecule has 8 heteroatoms. The van der Waals surface area contributed by atoms with Crippen LogP contribution < -0.4 is 16.0 Å². The van der Waals surface area contributed by atoms with Crippen molar-refractivity contribution in [3.05, 3.63) is 33.8 Å². The zero-order chi connectivity index (χ0) is 12.1. The topological polar surface area (TPSA) is 84.2 Å². The molecule has 0 unspecified atom stereocenters. The first kappa shape index (κ1) is 13.1. The van der Waals surface area contributed by atoms with Crippen LogP contribution >= 0.6 is 35.1 Å². The summed E-state index contributed by atoms with van der Waals surface area (Å²) in [6.07, 6.45) is 0. The van der Waals surface area contributed by atoms with Crippen LogP contribution in [0.2, 0.25) is 10.0 Å². The van der Waals surface area contributed by atoms with Crippen molar-refractivity contribution in [3.63, 3.8) is 0 Å². The fourth-order valence-corrected chi connectivity index (χ4v) is 1.91. The molecule has 0 aliphatic rings. The summed E-state index contributed by atoms with van der Waals surface area (Å²) in [6.45, 7) is 0. The summed E-state index contributed by atoms with van der Waals surface area (Å²) in [4.78, 5) is 24.1. The van der Waals surface area contributed by atoms with Gasteiger partial charge in [-0.15, -0.1) is 0 Å². The number of hydrazine groups is 1. The highest BCUT2D eigenvalue weighted by molar-refractivity contribution is 8.12. The molecule has 1 aromatic carbocycles. The molecule has 0 saturated carbocycles. The van der Waals surface area contributed by atoms with Gasteiger partial charge in [0.25, 0.3) is 0 Å². The maximum absolute atomic E-state index is 11.5. The van der Waals surface area contributed by atoms with Gasteiger partial charge in [-0.05, 0) is 18.2 Å². The largest absolute Gasteiger partial charge is 0.351 e. The molecular weight excluding hydrogens is 273 g/mol. The summed E-state index contributed by atoms with van der Waals surface area (Å²) in [5, 5.41) is 0.316. The van der Waals surface area contributed by atoms with Crippen LogP contribution in [0.3, 0.4) is 0 Å². The lowest BCUT2D eigenvalue weighted by atomic mass is 10.2. The molecule has 0 atom stereocenters. The third-order valence-corrected chi connectivity index (χ3v) is 2.63. The minimum absolute atomic E-state index is 0.242. The summed E-state index contributed by atoms with van der Waals surface area (Å²) in [5.74, 6) is 0. The Balaban J connectivity index is 2.63. The molecule has 1 aromatic rings. The summed E-state index contributed by atoms with van der Waals surface area (Å²) < 4.78 is 0. The van der Waals surface area contributed by atoms with Gasteiger partial charge in [-0.3, -0.25) is 10.2 Å². The van der Waals surface area contributed by atoms with Gasteiger partial charge < -0.3 is 5.73 Å². The molecule has 2 amide bonds. The molecule has 1 rings (SSSR count). The fraction of sp³-hybridized carbons (Fsp3) is 0. The Kier molecular flexibility index (Phi) is 4.88. The summed E-state index contributed by atoms with van der Waals surface area (Å²) in [6, 6.07) is 3.70. The van der Waals surface area contributed by atoms with E-state index in [4.69, 9.17) is 28.9 Å². The van der Waals surface area contributed by atoms with E-state index in [0.29, 0.717) is 17.0 Å². The quantitative estimate of drug-likeness (QED) is 0.583. The van der Waals surface area contributed by atoms with Crippen LogP contribution in [0.25, 0.3) is 0 Å². The Morgan fingerprint density at radius 3 is 2.56 bits per heavy atom. The first-order valence-corrected chi connectivity index (χ1v) is 5.54. The van der Waals surface area contributed by atoms with E-state index in [0.717, 1.165) is 0 Å². The maximum Gasteiger partial charge on any atom is 0.327 e. The molecule has 86 valence electrons. The standard InChI is InChI=1S/C8H7Cl2N3O2S/c9-4-1-2-5(6(10)3-4)7(14)16-13-12-8(11)15/h1-3,13H,(H3,11,12,15). The van der Waals surface area contributed by atoms with Gasteiger partial charge in [-0.25, -0.2) is 4.79 Å². The molecule has 0 heterocycles. The number of nitrogens with one attached hydrogen (secondary N) is 2. The number of primary amides is 1. The van der Waals surface area contributed by atoms with Crippen molar-refractivity contribution < 1.29 is 9.59 Å². The number of hydrogen-bond donors (Lipinski definition) is 3. The minimum Gasteiger partial charge on any atom is -0.351 e.